The van der Waals surface area contributed by atoms with E-state index in [9.17, 15) is 0 Å². The summed E-state index contributed by atoms with van der Waals surface area (Å²) < 4.78 is 0. The van der Waals surface area contributed by atoms with Crippen LogP contribution < -0.4 is 5.73 Å². The molecule has 0 fully saturated rings. The van der Waals surface area contributed by atoms with Crippen molar-refractivity contribution in [1.29, 1.82) is 0 Å². The highest BCUT2D eigenvalue weighted by Crippen LogP contribution is 2.26. The minimum absolute atomic E-state index is 0.249. The quantitative estimate of drug-likeness (QED) is 0.807. The van der Waals surface area contributed by atoms with Crippen LogP contribution in [0.2, 0.25) is 5.02 Å². The molecule has 0 saturated carbocycles. The molecule has 2 unspecified atom stereocenters. The number of benzene rings is 1. The van der Waals surface area contributed by atoms with E-state index in [4.69, 9.17) is 17.3 Å². The van der Waals surface area contributed by atoms with Crippen LogP contribution in [0.3, 0.4) is 0 Å². The fourth-order valence-electron chi connectivity index (χ4n) is 2.06. The van der Waals surface area contributed by atoms with Crippen LogP contribution in [0.4, 0.5) is 0 Å². The summed E-state index contributed by atoms with van der Waals surface area (Å²) in [5.41, 5.74) is 7.45. The molecule has 1 nitrogen and oxygen atoms in total. The minimum Gasteiger partial charge on any atom is -0.327 e. The molecule has 0 bridgehead atoms. The summed E-state index contributed by atoms with van der Waals surface area (Å²) in [6.45, 7) is 4.35. The Hall–Kier alpha value is -0.530. The van der Waals surface area contributed by atoms with E-state index in [1.165, 1.54) is 5.56 Å². The monoisotopic (exact) mass is 225 g/mol. The molecule has 0 amide bonds. The normalized spacial score (nSPS) is 14.9. The molecule has 0 aliphatic carbocycles. The maximum absolute atomic E-state index is 6.18. The summed E-state index contributed by atoms with van der Waals surface area (Å²) in [7, 11) is 0. The molecule has 0 radical (unpaired) electrons. The van der Waals surface area contributed by atoms with Crippen molar-refractivity contribution >= 4 is 11.6 Å². The van der Waals surface area contributed by atoms with Crippen LogP contribution in [0.25, 0.3) is 0 Å². The standard InChI is InChI=1S/C13H20ClN/c1-3-6-13(15)12(4-2)10-7-5-8-11(14)9-10/h5,7-9,12-13H,3-4,6,15H2,1-2H3. The van der Waals surface area contributed by atoms with Gasteiger partial charge in [0.1, 0.15) is 0 Å². The lowest BCUT2D eigenvalue weighted by molar-refractivity contribution is 0.483. The number of rotatable bonds is 5. The highest BCUT2D eigenvalue weighted by molar-refractivity contribution is 6.30. The van der Waals surface area contributed by atoms with Gasteiger partial charge in [0.15, 0.2) is 0 Å². The molecule has 0 aliphatic rings. The lowest BCUT2D eigenvalue weighted by atomic mass is 9.87. The second-order valence-electron chi connectivity index (χ2n) is 4.02. The average molecular weight is 226 g/mol. The molecular weight excluding hydrogens is 206 g/mol. The summed E-state index contributed by atoms with van der Waals surface area (Å²) in [6.07, 6.45) is 3.28. The molecule has 0 spiro atoms. The van der Waals surface area contributed by atoms with Crippen molar-refractivity contribution < 1.29 is 0 Å². The third-order valence-electron chi connectivity index (χ3n) is 2.86. The molecule has 0 heterocycles. The van der Waals surface area contributed by atoms with Crippen molar-refractivity contribution in [3.8, 4) is 0 Å². The molecule has 0 aliphatic heterocycles. The van der Waals surface area contributed by atoms with Crippen LogP contribution in [0.5, 0.6) is 0 Å². The van der Waals surface area contributed by atoms with E-state index in [0.29, 0.717) is 5.92 Å². The molecule has 1 aromatic carbocycles. The highest BCUT2D eigenvalue weighted by atomic mass is 35.5. The van der Waals surface area contributed by atoms with Gasteiger partial charge < -0.3 is 5.73 Å². The smallest absolute Gasteiger partial charge is 0.0408 e. The van der Waals surface area contributed by atoms with E-state index in [2.05, 4.69) is 19.9 Å². The summed E-state index contributed by atoms with van der Waals surface area (Å²) in [6, 6.07) is 8.31. The van der Waals surface area contributed by atoms with E-state index in [-0.39, 0.29) is 6.04 Å². The minimum atomic E-state index is 0.249. The fraction of sp³-hybridized carbons (Fsp3) is 0.538. The van der Waals surface area contributed by atoms with E-state index in [1.807, 2.05) is 18.2 Å². The van der Waals surface area contributed by atoms with Gasteiger partial charge in [-0.1, -0.05) is 44.0 Å². The molecule has 2 atom stereocenters. The first kappa shape index (κ1) is 12.5. The summed E-state index contributed by atoms with van der Waals surface area (Å²) in [5, 5.41) is 0.801. The van der Waals surface area contributed by atoms with Gasteiger partial charge in [0.25, 0.3) is 0 Å². The van der Waals surface area contributed by atoms with E-state index < -0.39 is 0 Å². The van der Waals surface area contributed by atoms with E-state index >= 15 is 0 Å². The largest absolute Gasteiger partial charge is 0.327 e. The van der Waals surface area contributed by atoms with Crippen molar-refractivity contribution in [3.63, 3.8) is 0 Å². The summed E-state index contributed by atoms with van der Waals surface area (Å²) >= 11 is 5.99. The van der Waals surface area contributed by atoms with E-state index in [0.717, 1.165) is 24.3 Å². The zero-order valence-electron chi connectivity index (χ0n) is 9.54. The van der Waals surface area contributed by atoms with Crippen LogP contribution in [0.1, 0.15) is 44.6 Å². The van der Waals surface area contributed by atoms with Crippen LogP contribution >= 0.6 is 11.6 Å². The van der Waals surface area contributed by atoms with Gasteiger partial charge in [-0.3, -0.25) is 0 Å². The van der Waals surface area contributed by atoms with Gasteiger partial charge in [-0.2, -0.15) is 0 Å². The molecule has 1 aromatic rings. The highest BCUT2D eigenvalue weighted by Gasteiger charge is 2.17. The van der Waals surface area contributed by atoms with Crippen molar-refractivity contribution in [2.45, 2.75) is 45.1 Å². The van der Waals surface area contributed by atoms with Crippen molar-refractivity contribution in [2.75, 3.05) is 0 Å². The van der Waals surface area contributed by atoms with Crippen molar-refractivity contribution in [1.82, 2.24) is 0 Å². The van der Waals surface area contributed by atoms with Gasteiger partial charge in [0.05, 0.1) is 0 Å². The number of hydrogen-bond donors (Lipinski definition) is 1. The van der Waals surface area contributed by atoms with Crippen molar-refractivity contribution in [2.24, 2.45) is 5.73 Å². The number of nitrogens with two attached hydrogens (primary N) is 1. The van der Waals surface area contributed by atoms with Crippen LogP contribution in [0, 0.1) is 0 Å². The van der Waals surface area contributed by atoms with E-state index in [1.54, 1.807) is 0 Å². The number of halogens is 1. The van der Waals surface area contributed by atoms with Crippen LogP contribution in [0.15, 0.2) is 24.3 Å². The topological polar surface area (TPSA) is 26.0 Å². The fourth-order valence-corrected chi connectivity index (χ4v) is 2.26. The lowest BCUT2D eigenvalue weighted by Crippen LogP contribution is -2.27. The Morgan fingerprint density at radius 2 is 2.07 bits per heavy atom. The Bertz CT molecular complexity index is 298. The molecular formula is C13H20ClN. The number of hydrogen-bond acceptors (Lipinski definition) is 1. The lowest BCUT2D eigenvalue weighted by Gasteiger charge is -2.22. The van der Waals surface area contributed by atoms with Gasteiger partial charge in [-0.25, -0.2) is 0 Å². The summed E-state index contributed by atoms with van der Waals surface area (Å²) in [5.74, 6) is 0.434. The Morgan fingerprint density at radius 1 is 1.33 bits per heavy atom. The van der Waals surface area contributed by atoms with Gasteiger partial charge >= 0.3 is 0 Å². The van der Waals surface area contributed by atoms with Gasteiger partial charge in [-0.05, 0) is 36.5 Å². The Labute approximate surface area is 97.6 Å². The van der Waals surface area contributed by atoms with Gasteiger partial charge in [0, 0.05) is 11.1 Å². The second-order valence-corrected chi connectivity index (χ2v) is 4.46. The Morgan fingerprint density at radius 3 is 2.60 bits per heavy atom. The molecule has 0 saturated heterocycles. The molecule has 0 aromatic heterocycles. The maximum Gasteiger partial charge on any atom is 0.0408 e. The van der Waals surface area contributed by atoms with Crippen LogP contribution in [-0.2, 0) is 0 Å². The zero-order chi connectivity index (χ0) is 11.3. The Kier molecular flexibility index (Phi) is 5.13. The third-order valence-corrected chi connectivity index (χ3v) is 3.09. The van der Waals surface area contributed by atoms with Crippen LogP contribution in [-0.4, -0.2) is 6.04 Å². The molecule has 84 valence electrons. The molecule has 15 heavy (non-hydrogen) atoms. The summed E-state index contributed by atoms with van der Waals surface area (Å²) in [4.78, 5) is 0. The molecule has 2 heteroatoms. The first-order chi connectivity index (χ1) is 7.19. The predicted octanol–water partition coefficient (Wildman–Crippen LogP) is 3.96. The first-order valence-corrected chi connectivity index (χ1v) is 6.07. The van der Waals surface area contributed by atoms with Gasteiger partial charge in [-0.15, -0.1) is 0 Å². The maximum atomic E-state index is 6.18. The second kappa shape index (κ2) is 6.14. The average Bonchev–Trinajstić information content (AvgIpc) is 2.19. The third kappa shape index (κ3) is 3.51. The van der Waals surface area contributed by atoms with Crippen molar-refractivity contribution in [3.05, 3.63) is 34.9 Å². The molecule has 1 rings (SSSR count). The predicted molar refractivity (Wildman–Crippen MR) is 67.4 cm³/mol. The SMILES string of the molecule is CCCC(N)C(CC)c1cccc(Cl)c1. The van der Waals surface area contributed by atoms with Gasteiger partial charge in [0.2, 0.25) is 0 Å². The first-order valence-electron chi connectivity index (χ1n) is 5.70. The molecule has 2 N–H and O–H groups in total. The Balaban J connectivity index is 2.82. The zero-order valence-corrected chi connectivity index (χ0v) is 10.3.